The molecule has 5 nitrogen and oxygen atoms in total. The van der Waals surface area contributed by atoms with E-state index < -0.39 is 0 Å². The van der Waals surface area contributed by atoms with E-state index in [1.54, 1.807) is 18.2 Å². The van der Waals surface area contributed by atoms with E-state index in [9.17, 15) is 4.79 Å². The molecule has 0 amide bonds. The van der Waals surface area contributed by atoms with E-state index in [-0.39, 0.29) is 5.78 Å². The SMILES string of the molecule is CSc1nc(N)cc(Nc2cccc(C(C)=O)c2)n1. The summed E-state index contributed by atoms with van der Waals surface area (Å²) in [7, 11) is 0. The van der Waals surface area contributed by atoms with E-state index in [0.29, 0.717) is 22.4 Å². The van der Waals surface area contributed by atoms with Gasteiger partial charge in [-0.15, -0.1) is 0 Å². The fourth-order valence-electron chi connectivity index (χ4n) is 1.56. The Hall–Kier alpha value is -2.08. The van der Waals surface area contributed by atoms with Gasteiger partial charge in [0.05, 0.1) is 0 Å². The summed E-state index contributed by atoms with van der Waals surface area (Å²) >= 11 is 1.42. The molecule has 6 heteroatoms. The zero-order chi connectivity index (χ0) is 13.8. The summed E-state index contributed by atoms with van der Waals surface area (Å²) in [5, 5.41) is 3.72. The lowest BCUT2D eigenvalue weighted by atomic mass is 10.1. The third-order valence-corrected chi connectivity index (χ3v) is 3.00. The summed E-state index contributed by atoms with van der Waals surface area (Å²) in [6.45, 7) is 1.54. The number of anilines is 3. The zero-order valence-corrected chi connectivity index (χ0v) is 11.5. The monoisotopic (exact) mass is 274 g/mol. The summed E-state index contributed by atoms with van der Waals surface area (Å²) in [6, 6.07) is 8.89. The minimum Gasteiger partial charge on any atom is -0.383 e. The molecule has 98 valence electrons. The van der Waals surface area contributed by atoms with Crippen LogP contribution in [0.15, 0.2) is 35.5 Å². The van der Waals surface area contributed by atoms with E-state index in [4.69, 9.17) is 5.73 Å². The van der Waals surface area contributed by atoms with Gasteiger partial charge in [0.1, 0.15) is 11.6 Å². The number of hydrogen-bond acceptors (Lipinski definition) is 6. The number of aromatic nitrogens is 2. The van der Waals surface area contributed by atoms with Crippen molar-refractivity contribution >= 4 is 34.9 Å². The number of ketones is 1. The van der Waals surface area contributed by atoms with Gasteiger partial charge >= 0.3 is 0 Å². The van der Waals surface area contributed by atoms with Crippen molar-refractivity contribution in [1.29, 1.82) is 0 Å². The first kappa shape index (κ1) is 13.4. The van der Waals surface area contributed by atoms with Gasteiger partial charge in [-0.2, -0.15) is 0 Å². The van der Waals surface area contributed by atoms with Crippen LogP contribution >= 0.6 is 11.8 Å². The highest BCUT2D eigenvalue weighted by atomic mass is 32.2. The van der Waals surface area contributed by atoms with Crippen LogP contribution in [0, 0.1) is 0 Å². The van der Waals surface area contributed by atoms with E-state index in [1.807, 2.05) is 18.4 Å². The number of nitrogens with two attached hydrogens (primary N) is 1. The molecule has 0 aliphatic carbocycles. The Morgan fingerprint density at radius 1 is 1.32 bits per heavy atom. The van der Waals surface area contributed by atoms with Gasteiger partial charge in [-0.25, -0.2) is 9.97 Å². The second-order valence-corrected chi connectivity index (χ2v) is 4.70. The van der Waals surface area contributed by atoms with Crippen molar-refractivity contribution in [1.82, 2.24) is 9.97 Å². The van der Waals surface area contributed by atoms with Crippen LogP contribution in [0.4, 0.5) is 17.3 Å². The minimum atomic E-state index is 0.0238. The van der Waals surface area contributed by atoms with E-state index >= 15 is 0 Å². The van der Waals surface area contributed by atoms with E-state index in [1.165, 1.54) is 18.7 Å². The Morgan fingerprint density at radius 3 is 2.79 bits per heavy atom. The summed E-state index contributed by atoms with van der Waals surface area (Å²) < 4.78 is 0. The first-order valence-corrected chi connectivity index (χ1v) is 6.87. The minimum absolute atomic E-state index is 0.0238. The van der Waals surface area contributed by atoms with Crippen molar-refractivity contribution in [2.45, 2.75) is 12.1 Å². The van der Waals surface area contributed by atoms with Gasteiger partial charge in [0, 0.05) is 17.3 Å². The number of Topliss-reactive ketones (excluding diaryl/α,β-unsaturated/α-hetero) is 1. The Bertz CT molecular complexity index is 615. The number of benzene rings is 1. The lowest BCUT2D eigenvalue weighted by Crippen LogP contribution is -2.01. The van der Waals surface area contributed by atoms with Gasteiger partial charge in [-0.3, -0.25) is 4.79 Å². The number of rotatable bonds is 4. The zero-order valence-electron chi connectivity index (χ0n) is 10.7. The van der Waals surface area contributed by atoms with Crippen LogP contribution in [-0.4, -0.2) is 22.0 Å². The first-order chi connectivity index (χ1) is 9.08. The third kappa shape index (κ3) is 3.45. The molecule has 2 rings (SSSR count). The van der Waals surface area contributed by atoms with Gasteiger partial charge in [-0.05, 0) is 25.3 Å². The quantitative estimate of drug-likeness (QED) is 0.507. The molecule has 0 radical (unpaired) electrons. The third-order valence-electron chi connectivity index (χ3n) is 2.45. The molecule has 2 aromatic rings. The molecule has 3 N–H and O–H groups in total. The van der Waals surface area contributed by atoms with E-state index in [2.05, 4.69) is 15.3 Å². The van der Waals surface area contributed by atoms with Crippen LogP contribution in [0.5, 0.6) is 0 Å². The van der Waals surface area contributed by atoms with Crippen LogP contribution in [0.2, 0.25) is 0 Å². The molecule has 0 saturated heterocycles. The second kappa shape index (κ2) is 5.71. The number of thioether (sulfide) groups is 1. The molecule has 19 heavy (non-hydrogen) atoms. The van der Waals surface area contributed by atoms with Crippen molar-refractivity contribution < 1.29 is 4.79 Å². The van der Waals surface area contributed by atoms with Crippen LogP contribution in [0.3, 0.4) is 0 Å². The molecule has 1 aromatic carbocycles. The topological polar surface area (TPSA) is 80.9 Å². The van der Waals surface area contributed by atoms with Gasteiger partial charge in [0.25, 0.3) is 0 Å². The molecule has 1 aromatic heterocycles. The van der Waals surface area contributed by atoms with Gasteiger partial charge in [0.2, 0.25) is 0 Å². The number of carbonyl (C=O) groups excluding carboxylic acids is 1. The summed E-state index contributed by atoms with van der Waals surface area (Å²) in [6.07, 6.45) is 1.88. The Kier molecular flexibility index (Phi) is 4.01. The Morgan fingerprint density at radius 2 is 2.11 bits per heavy atom. The highest BCUT2D eigenvalue weighted by molar-refractivity contribution is 7.98. The van der Waals surface area contributed by atoms with Crippen LogP contribution < -0.4 is 11.1 Å². The highest BCUT2D eigenvalue weighted by Crippen LogP contribution is 2.20. The highest BCUT2D eigenvalue weighted by Gasteiger charge is 2.04. The van der Waals surface area contributed by atoms with Crippen LogP contribution in [0.1, 0.15) is 17.3 Å². The van der Waals surface area contributed by atoms with Crippen molar-refractivity contribution in [2.24, 2.45) is 0 Å². The lowest BCUT2D eigenvalue weighted by molar-refractivity contribution is 0.101. The maximum absolute atomic E-state index is 11.3. The fraction of sp³-hybridized carbons (Fsp3) is 0.154. The predicted molar refractivity (Wildman–Crippen MR) is 78.0 cm³/mol. The number of nitrogens with zero attached hydrogens (tertiary/aromatic N) is 2. The standard InChI is InChI=1S/C13H14N4OS/c1-8(18)9-4-3-5-10(6-9)15-12-7-11(14)16-13(17-12)19-2/h3-7H,1-2H3,(H3,14,15,16,17). The molecule has 0 spiro atoms. The smallest absolute Gasteiger partial charge is 0.191 e. The molecule has 0 saturated carbocycles. The number of carbonyl (C=O) groups is 1. The van der Waals surface area contributed by atoms with Crippen LogP contribution in [0.25, 0.3) is 0 Å². The lowest BCUT2D eigenvalue weighted by Gasteiger charge is -2.08. The number of hydrogen-bond donors (Lipinski definition) is 2. The average Bonchev–Trinajstić information content (AvgIpc) is 2.38. The molecular formula is C13H14N4OS. The van der Waals surface area contributed by atoms with Crippen molar-refractivity contribution in [3.05, 3.63) is 35.9 Å². The summed E-state index contributed by atoms with van der Waals surface area (Å²) in [5.74, 6) is 1.04. The molecule has 0 fully saturated rings. The average molecular weight is 274 g/mol. The largest absolute Gasteiger partial charge is 0.383 e. The summed E-state index contributed by atoms with van der Waals surface area (Å²) in [4.78, 5) is 19.7. The normalized spacial score (nSPS) is 10.2. The molecule has 0 unspecified atom stereocenters. The molecular weight excluding hydrogens is 260 g/mol. The first-order valence-electron chi connectivity index (χ1n) is 5.65. The predicted octanol–water partition coefficient (Wildman–Crippen LogP) is 2.73. The van der Waals surface area contributed by atoms with Gasteiger partial charge < -0.3 is 11.1 Å². The molecule has 0 atom stereocenters. The molecule has 0 aliphatic heterocycles. The van der Waals surface area contributed by atoms with Crippen LogP contribution in [-0.2, 0) is 0 Å². The maximum Gasteiger partial charge on any atom is 0.191 e. The van der Waals surface area contributed by atoms with Gasteiger partial charge in [-0.1, -0.05) is 23.9 Å². The molecule has 0 aliphatic rings. The van der Waals surface area contributed by atoms with Crippen molar-refractivity contribution in [3.63, 3.8) is 0 Å². The Balaban J connectivity index is 2.28. The molecule has 1 heterocycles. The number of nitrogens with one attached hydrogen (secondary N) is 1. The fourth-order valence-corrected chi connectivity index (χ4v) is 1.95. The number of nitrogen functional groups attached to an aromatic ring is 1. The summed E-state index contributed by atoms with van der Waals surface area (Å²) in [5.41, 5.74) is 7.15. The van der Waals surface area contributed by atoms with E-state index in [0.717, 1.165) is 5.69 Å². The second-order valence-electron chi connectivity index (χ2n) is 3.93. The van der Waals surface area contributed by atoms with Crippen molar-refractivity contribution in [2.75, 3.05) is 17.3 Å². The molecule has 0 bridgehead atoms. The van der Waals surface area contributed by atoms with Crippen molar-refractivity contribution in [3.8, 4) is 0 Å². The maximum atomic E-state index is 11.3. The Labute approximate surface area is 115 Å². The van der Waals surface area contributed by atoms with Gasteiger partial charge in [0.15, 0.2) is 10.9 Å².